The predicted molar refractivity (Wildman–Crippen MR) is 96.5 cm³/mol. The van der Waals surface area contributed by atoms with Crippen LogP contribution in [0.2, 0.25) is 0 Å². The van der Waals surface area contributed by atoms with E-state index in [0.29, 0.717) is 0 Å². The minimum atomic E-state index is 1.14. The number of hydrogen-bond donors (Lipinski definition) is 1. The fraction of sp³-hybridized carbons (Fsp3) is 0.850. The molecular formula is C20H37N2+. The maximum absolute atomic E-state index is 3.57. The van der Waals surface area contributed by atoms with Gasteiger partial charge in [0.25, 0.3) is 0 Å². The molecule has 0 amide bonds. The van der Waals surface area contributed by atoms with Gasteiger partial charge in [-0.05, 0) is 51.0 Å². The van der Waals surface area contributed by atoms with Gasteiger partial charge < -0.3 is 0 Å². The van der Waals surface area contributed by atoms with Crippen LogP contribution in [0.1, 0.15) is 96.3 Å². The topological polar surface area (TPSA) is 15.0 Å². The van der Waals surface area contributed by atoms with E-state index in [1.165, 1.54) is 103 Å². The zero-order chi connectivity index (χ0) is 15.3. The van der Waals surface area contributed by atoms with E-state index in [-0.39, 0.29) is 0 Å². The van der Waals surface area contributed by atoms with Gasteiger partial charge in [-0.2, -0.15) is 0 Å². The average Bonchev–Trinajstić information content (AvgIpc) is 2.64. The van der Waals surface area contributed by atoms with Crippen LogP contribution in [0.25, 0.3) is 0 Å². The van der Waals surface area contributed by atoms with Crippen LogP contribution >= 0.6 is 0 Å². The largest absolute Gasteiger partial charge is 0.281 e. The number of hydrogen-bond acceptors (Lipinski definition) is 1. The number of nitrogens with one attached hydrogen (secondary N) is 1. The van der Waals surface area contributed by atoms with Crippen molar-refractivity contribution in [2.24, 2.45) is 0 Å². The third kappa shape index (κ3) is 7.47. The predicted octanol–water partition coefficient (Wildman–Crippen LogP) is 5.38. The highest BCUT2D eigenvalue weighted by atomic mass is 15.1. The molecule has 0 aromatic heterocycles. The molecule has 2 aliphatic rings. The molecule has 1 aliphatic carbocycles. The highest BCUT2D eigenvalue weighted by molar-refractivity contribution is 5.48. The van der Waals surface area contributed by atoms with Gasteiger partial charge in [-0.25, -0.2) is 4.58 Å². The Labute approximate surface area is 138 Å². The lowest BCUT2D eigenvalue weighted by Crippen LogP contribution is -2.24. The molecule has 2 heteroatoms. The van der Waals surface area contributed by atoms with E-state index < -0.39 is 0 Å². The summed E-state index contributed by atoms with van der Waals surface area (Å²) in [5.41, 5.74) is 1.59. The molecule has 0 bridgehead atoms. The zero-order valence-corrected chi connectivity index (χ0v) is 14.6. The first-order valence-corrected chi connectivity index (χ1v) is 9.99. The molecular weight excluding hydrogens is 268 g/mol. The minimum absolute atomic E-state index is 1.14. The van der Waals surface area contributed by atoms with Gasteiger partial charge in [0.05, 0.1) is 18.8 Å². The quantitative estimate of drug-likeness (QED) is 0.643. The summed E-state index contributed by atoms with van der Waals surface area (Å²) in [5, 5.41) is 3.57. The Morgan fingerprint density at radius 3 is 2.14 bits per heavy atom. The van der Waals surface area contributed by atoms with Gasteiger partial charge in [0.1, 0.15) is 0 Å². The van der Waals surface area contributed by atoms with Gasteiger partial charge >= 0.3 is 0 Å². The number of nitrogens with zero attached hydrogens (tertiary/aromatic N) is 1. The Morgan fingerprint density at radius 2 is 1.32 bits per heavy atom. The lowest BCUT2D eigenvalue weighted by atomic mass is 10.1. The lowest BCUT2D eigenvalue weighted by Gasteiger charge is -2.11. The van der Waals surface area contributed by atoms with E-state index in [1.54, 1.807) is 5.70 Å². The summed E-state index contributed by atoms with van der Waals surface area (Å²) in [7, 11) is 0. The van der Waals surface area contributed by atoms with Crippen LogP contribution < -0.4 is 5.32 Å². The second-order valence-electron chi connectivity index (χ2n) is 7.11. The second kappa shape index (κ2) is 11.7. The fourth-order valence-corrected chi connectivity index (χ4v) is 3.65. The first-order valence-electron chi connectivity index (χ1n) is 9.99. The van der Waals surface area contributed by atoms with Gasteiger partial charge in [0, 0.05) is 6.42 Å². The Morgan fingerprint density at radius 1 is 0.682 bits per heavy atom. The standard InChI is InChI=1S/C20H36N2/c1-2-4-8-12-16-20(15-11-7-3-1)22-18-14-10-6-5-9-13-17-21-19-22/h15,19H,1-14,16-18H2/p+1. The maximum Gasteiger partial charge on any atom is 0.236 e. The molecule has 0 aromatic rings. The van der Waals surface area contributed by atoms with Gasteiger partial charge in [-0.1, -0.05) is 44.9 Å². The highest BCUT2D eigenvalue weighted by Gasteiger charge is 2.10. The molecule has 22 heavy (non-hydrogen) atoms. The van der Waals surface area contributed by atoms with Crippen molar-refractivity contribution in [2.75, 3.05) is 13.1 Å². The van der Waals surface area contributed by atoms with Crippen LogP contribution in [-0.2, 0) is 0 Å². The Hall–Kier alpha value is -0.790. The van der Waals surface area contributed by atoms with Crippen LogP contribution in [0.5, 0.6) is 0 Å². The zero-order valence-electron chi connectivity index (χ0n) is 14.6. The minimum Gasteiger partial charge on any atom is -0.281 e. The third-order valence-corrected chi connectivity index (χ3v) is 5.10. The third-order valence-electron chi connectivity index (χ3n) is 5.10. The van der Waals surface area contributed by atoms with Crippen LogP contribution in [-0.4, -0.2) is 24.0 Å². The smallest absolute Gasteiger partial charge is 0.236 e. The van der Waals surface area contributed by atoms with Crippen LogP contribution in [0, 0.1) is 0 Å². The van der Waals surface area contributed by atoms with E-state index >= 15 is 0 Å². The van der Waals surface area contributed by atoms with Crippen LogP contribution in [0.15, 0.2) is 11.8 Å². The number of rotatable bonds is 1. The molecule has 0 spiro atoms. The monoisotopic (exact) mass is 305 g/mol. The lowest BCUT2D eigenvalue weighted by molar-refractivity contribution is -0.478. The van der Waals surface area contributed by atoms with Crippen molar-refractivity contribution in [3.05, 3.63) is 11.8 Å². The van der Waals surface area contributed by atoms with Crippen molar-refractivity contribution < 1.29 is 4.58 Å². The van der Waals surface area contributed by atoms with E-state index in [0.717, 1.165) is 6.54 Å². The molecule has 0 saturated carbocycles. The normalized spacial score (nSPS) is 24.0. The molecule has 0 radical (unpaired) electrons. The Kier molecular flexibility index (Phi) is 9.37. The van der Waals surface area contributed by atoms with Gasteiger partial charge in [-0.3, -0.25) is 5.32 Å². The van der Waals surface area contributed by atoms with Crippen molar-refractivity contribution >= 4 is 6.34 Å². The summed E-state index contributed by atoms with van der Waals surface area (Å²) in [6.07, 6.45) is 25.6. The maximum atomic E-state index is 3.57. The van der Waals surface area contributed by atoms with Crippen molar-refractivity contribution in [1.82, 2.24) is 5.32 Å². The van der Waals surface area contributed by atoms with Crippen molar-refractivity contribution in [3.8, 4) is 0 Å². The summed E-state index contributed by atoms with van der Waals surface area (Å²) >= 11 is 0. The molecule has 1 N–H and O–H groups in total. The Bertz CT molecular complexity index is 310. The van der Waals surface area contributed by atoms with Gasteiger partial charge in [-0.15, -0.1) is 0 Å². The molecule has 0 saturated heterocycles. The summed E-state index contributed by atoms with van der Waals surface area (Å²) in [6, 6.07) is 0. The first kappa shape index (κ1) is 17.6. The van der Waals surface area contributed by atoms with Crippen LogP contribution in [0.4, 0.5) is 0 Å². The Balaban J connectivity index is 1.97. The molecule has 0 fully saturated rings. The van der Waals surface area contributed by atoms with Gasteiger partial charge in [0.15, 0.2) is 0 Å². The van der Waals surface area contributed by atoms with Gasteiger partial charge in [0.2, 0.25) is 6.34 Å². The van der Waals surface area contributed by atoms with Crippen molar-refractivity contribution in [3.63, 3.8) is 0 Å². The van der Waals surface area contributed by atoms with E-state index in [1.807, 2.05) is 0 Å². The van der Waals surface area contributed by atoms with Crippen LogP contribution in [0.3, 0.4) is 0 Å². The SMILES string of the molecule is C1=C([N+]2=CNCCCCCCCC2)CCCCCCCCC1. The van der Waals surface area contributed by atoms with E-state index in [2.05, 4.69) is 22.3 Å². The summed E-state index contributed by atoms with van der Waals surface area (Å²) in [5.74, 6) is 0. The molecule has 126 valence electrons. The van der Waals surface area contributed by atoms with Crippen molar-refractivity contribution in [2.45, 2.75) is 96.3 Å². The molecule has 0 unspecified atom stereocenters. The van der Waals surface area contributed by atoms with Crippen molar-refractivity contribution in [1.29, 1.82) is 0 Å². The first-order chi connectivity index (χ1) is 11.0. The molecule has 2 nitrogen and oxygen atoms in total. The molecule has 0 aromatic carbocycles. The fourth-order valence-electron chi connectivity index (χ4n) is 3.65. The second-order valence-corrected chi connectivity index (χ2v) is 7.11. The van der Waals surface area contributed by atoms with E-state index in [4.69, 9.17) is 0 Å². The summed E-state index contributed by atoms with van der Waals surface area (Å²) in [6.45, 7) is 2.35. The summed E-state index contributed by atoms with van der Waals surface area (Å²) < 4.78 is 2.54. The average molecular weight is 306 g/mol. The van der Waals surface area contributed by atoms with E-state index in [9.17, 15) is 0 Å². The molecule has 1 heterocycles. The molecule has 2 rings (SSSR count). The molecule has 0 atom stereocenters. The number of allylic oxidation sites excluding steroid dienone is 2. The highest BCUT2D eigenvalue weighted by Crippen LogP contribution is 2.18. The summed E-state index contributed by atoms with van der Waals surface area (Å²) in [4.78, 5) is 0. The molecule has 1 aliphatic heterocycles.